The number of likely N-dealkylation sites (tertiary alicyclic amines) is 1. The quantitative estimate of drug-likeness (QED) is 0.523. The van der Waals surface area contributed by atoms with Gasteiger partial charge in [0.2, 0.25) is 5.91 Å². The van der Waals surface area contributed by atoms with E-state index in [1.807, 2.05) is 46.7 Å². The molecule has 1 amide bonds. The first-order valence-electron chi connectivity index (χ1n) is 8.02. The molecule has 1 saturated heterocycles. The number of hydrogen-bond acceptors (Lipinski definition) is 5. The molecule has 0 spiro atoms. The predicted molar refractivity (Wildman–Crippen MR) is 99.4 cm³/mol. The van der Waals surface area contributed by atoms with E-state index in [9.17, 15) is 4.79 Å². The van der Waals surface area contributed by atoms with Crippen molar-refractivity contribution < 1.29 is 4.79 Å². The smallest absolute Gasteiger partial charge is 0.232 e. The summed E-state index contributed by atoms with van der Waals surface area (Å²) in [6.07, 6.45) is 2.24. The molecule has 1 aliphatic rings. The molecule has 0 aliphatic carbocycles. The van der Waals surface area contributed by atoms with Gasteiger partial charge < -0.3 is 4.90 Å². The van der Waals surface area contributed by atoms with Gasteiger partial charge in [0.15, 0.2) is 5.82 Å². The lowest BCUT2D eigenvalue weighted by atomic mass is 10.2. The van der Waals surface area contributed by atoms with Crippen molar-refractivity contribution in [1.82, 2.24) is 14.9 Å². The Hall–Kier alpha value is -1.92. The maximum Gasteiger partial charge on any atom is 0.232 e. The van der Waals surface area contributed by atoms with E-state index in [0.717, 1.165) is 52.6 Å². The molecule has 0 saturated carbocycles. The number of hydrogen-bond donors (Lipinski definition) is 0. The van der Waals surface area contributed by atoms with Gasteiger partial charge in [-0.2, -0.15) is 0 Å². The molecular formula is C18H17N3OS2. The van der Waals surface area contributed by atoms with Gasteiger partial charge in [-0.3, -0.25) is 4.79 Å². The molecule has 0 unspecified atom stereocenters. The number of benzene rings is 1. The highest BCUT2D eigenvalue weighted by Crippen LogP contribution is 2.30. The number of amides is 1. The SMILES string of the molecule is O=C(CSc1nc(-c2cccs2)nc2ccccc12)N1CCCC1. The monoisotopic (exact) mass is 355 g/mol. The number of fused-ring (bicyclic) bond motifs is 1. The number of thioether (sulfide) groups is 1. The van der Waals surface area contributed by atoms with Crippen LogP contribution in [0.4, 0.5) is 0 Å². The third kappa shape index (κ3) is 3.16. The Labute approximate surface area is 148 Å². The van der Waals surface area contributed by atoms with E-state index >= 15 is 0 Å². The van der Waals surface area contributed by atoms with Gasteiger partial charge in [-0.15, -0.1) is 11.3 Å². The Bertz CT molecular complexity index is 858. The minimum absolute atomic E-state index is 0.206. The number of aromatic nitrogens is 2. The molecule has 122 valence electrons. The molecule has 3 heterocycles. The normalized spacial score (nSPS) is 14.4. The average molecular weight is 355 g/mol. The second-order valence-electron chi connectivity index (χ2n) is 5.72. The summed E-state index contributed by atoms with van der Waals surface area (Å²) in [6, 6.07) is 12.0. The molecule has 0 bridgehead atoms. The van der Waals surface area contributed by atoms with Crippen molar-refractivity contribution >= 4 is 39.9 Å². The Morgan fingerprint density at radius 1 is 1.12 bits per heavy atom. The van der Waals surface area contributed by atoms with Gasteiger partial charge >= 0.3 is 0 Å². The van der Waals surface area contributed by atoms with Crippen LogP contribution in [0.2, 0.25) is 0 Å². The highest BCUT2D eigenvalue weighted by atomic mass is 32.2. The van der Waals surface area contributed by atoms with Crippen LogP contribution in [0.15, 0.2) is 46.8 Å². The topological polar surface area (TPSA) is 46.1 Å². The van der Waals surface area contributed by atoms with Crippen molar-refractivity contribution in [2.75, 3.05) is 18.8 Å². The van der Waals surface area contributed by atoms with Crippen LogP contribution in [0, 0.1) is 0 Å². The van der Waals surface area contributed by atoms with Crippen LogP contribution < -0.4 is 0 Å². The van der Waals surface area contributed by atoms with Crippen LogP contribution in [0.3, 0.4) is 0 Å². The minimum Gasteiger partial charge on any atom is -0.342 e. The number of thiophene rings is 1. The Morgan fingerprint density at radius 3 is 2.75 bits per heavy atom. The molecule has 1 aromatic carbocycles. The van der Waals surface area contributed by atoms with Crippen molar-refractivity contribution in [2.45, 2.75) is 17.9 Å². The van der Waals surface area contributed by atoms with E-state index in [1.165, 1.54) is 11.8 Å². The Balaban J connectivity index is 1.64. The lowest BCUT2D eigenvalue weighted by molar-refractivity contribution is -0.127. The average Bonchev–Trinajstić information content (AvgIpc) is 3.32. The zero-order chi connectivity index (χ0) is 16.4. The van der Waals surface area contributed by atoms with Gasteiger partial charge in [0.25, 0.3) is 0 Å². The van der Waals surface area contributed by atoms with Crippen LogP contribution >= 0.6 is 23.1 Å². The Kier molecular flexibility index (Phi) is 4.49. The summed E-state index contributed by atoms with van der Waals surface area (Å²) in [6.45, 7) is 1.79. The molecule has 0 atom stereocenters. The zero-order valence-electron chi connectivity index (χ0n) is 13.1. The lowest BCUT2D eigenvalue weighted by Crippen LogP contribution is -2.29. The van der Waals surface area contributed by atoms with E-state index in [4.69, 9.17) is 4.98 Å². The van der Waals surface area contributed by atoms with Crippen molar-refractivity contribution in [2.24, 2.45) is 0 Å². The largest absolute Gasteiger partial charge is 0.342 e. The summed E-state index contributed by atoms with van der Waals surface area (Å²) >= 11 is 3.15. The number of para-hydroxylation sites is 1. The molecule has 1 fully saturated rings. The van der Waals surface area contributed by atoms with Gasteiger partial charge in [0, 0.05) is 18.5 Å². The number of nitrogens with zero attached hydrogens (tertiary/aromatic N) is 3. The fourth-order valence-corrected chi connectivity index (χ4v) is 4.44. The summed E-state index contributed by atoms with van der Waals surface area (Å²) in [5.74, 6) is 1.38. The third-order valence-corrected chi connectivity index (χ3v) is 5.94. The van der Waals surface area contributed by atoms with Gasteiger partial charge in [-0.05, 0) is 30.4 Å². The first-order chi connectivity index (χ1) is 11.8. The lowest BCUT2D eigenvalue weighted by Gasteiger charge is -2.15. The molecule has 6 heteroatoms. The first kappa shape index (κ1) is 15.6. The molecule has 4 rings (SSSR count). The zero-order valence-corrected chi connectivity index (χ0v) is 14.8. The highest BCUT2D eigenvalue weighted by Gasteiger charge is 2.19. The molecule has 4 nitrogen and oxygen atoms in total. The van der Waals surface area contributed by atoms with E-state index in [1.54, 1.807) is 11.3 Å². The number of carbonyl (C=O) groups is 1. The molecular weight excluding hydrogens is 338 g/mol. The van der Waals surface area contributed by atoms with E-state index in [0.29, 0.717) is 5.75 Å². The first-order valence-corrected chi connectivity index (χ1v) is 9.89. The van der Waals surface area contributed by atoms with Crippen LogP contribution in [-0.4, -0.2) is 39.6 Å². The molecule has 2 aromatic heterocycles. The Morgan fingerprint density at radius 2 is 1.96 bits per heavy atom. The van der Waals surface area contributed by atoms with E-state index < -0.39 is 0 Å². The number of carbonyl (C=O) groups excluding carboxylic acids is 1. The van der Waals surface area contributed by atoms with E-state index in [2.05, 4.69) is 4.98 Å². The number of rotatable bonds is 4. The fraction of sp³-hybridized carbons (Fsp3) is 0.278. The summed E-state index contributed by atoms with van der Waals surface area (Å²) in [5, 5.41) is 3.92. The van der Waals surface area contributed by atoms with Gasteiger partial charge in [0.1, 0.15) is 5.03 Å². The van der Waals surface area contributed by atoms with Crippen LogP contribution in [-0.2, 0) is 4.79 Å². The summed E-state index contributed by atoms with van der Waals surface area (Å²) < 4.78 is 0. The standard InChI is InChI=1S/C18H17N3OS2/c22-16(21-9-3-4-10-21)12-24-18-13-6-1-2-7-14(13)19-17(20-18)15-8-5-11-23-15/h1-2,5-8,11H,3-4,9-10,12H2. The molecule has 24 heavy (non-hydrogen) atoms. The minimum atomic E-state index is 0.206. The van der Waals surface area contributed by atoms with Gasteiger partial charge in [-0.25, -0.2) is 9.97 Å². The third-order valence-electron chi connectivity index (χ3n) is 4.10. The predicted octanol–water partition coefficient (Wildman–Crippen LogP) is 4.07. The van der Waals surface area contributed by atoms with Crippen LogP contribution in [0.5, 0.6) is 0 Å². The van der Waals surface area contributed by atoms with Crippen molar-refractivity contribution in [3.63, 3.8) is 0 Å². The summed E-state index contributed by atoms with van der Waals surface area (Å²) in [4.78, 5) is 24.7. The second kappa shape index (κ2) is 6.91. The van der Waals surface area contributed by atoms with Crippen molar-refractivity contribution in [3.05, 3.63) is 41.8 Å². The maximum atomic E-state index is 12.3. The van der Waals surface area contributed by atoms with Crippen molar-refractivity contribution in [3.8, 4) is 10.7 Å². The van der Waals surface area contributed by atoms with Crippen molar-refractivity contribution in [1.29, 1.82) is 0 Å². The highest BCUT2D eigenvalue weighted by molar-refractivity contribution is 8.00. The maximum absolute atomic E-state index is 12.3. The second-order valence-corrected chi connectivity index (χ2v) is 7.64. The molecule has 3 aromatic rings. The van der Waals surface area contributed by atoms with Gasteiger partial charge in [-0.1, -0.05) is 36.0 Å². The molecule has 0 N–H and O–H groups in total. The summed E-state index contributed by atoms with van der Waals surface area (Å²) in [5.41, 5.74) is 0.923. The summed E-state index contributed by atoms with van der Waals surface area (Å²) in [7, 11) is 0. The van der Waals surface area contributed by atoms with Crippen LogP contribution in [0.1, 0.15) is 12.8 Å². The molecule has 1 aliphatic heterocycles. The van der Waals surface area contributed by atoms with Gasteiger partial charge in [0.05, 0.1) is 16.1 Å². The van der Waals surface area contributed by atoms with Crippen LogP contribution in [0.25, 0.3) is 21.6 Å². The molecule has 0 radical (unpaired) electrons. The fourth-order valence-electron chi connectivity index (χ4n) is 2.86. The van der Waals surface area contributed by atoms with E-state index in [-0.39, 0.29) is 5.91 Å².